The van der Waals surface area contributed by atoms with Crippen molar-refractivity contribution >= 4 is 12.6 Å². The molecule has 1 aromatic rings. The Kier molecular flexibility index (Phi) is 4.23. The molecule has 0 radical (unpaired) electrons. The van der Waals surface area contributed by atoms with Crippen LogP contribution in [0, 0.1) is 0 Å². The highest BCUT2D eigenvalue weighted by atomic mass is 32.1. The van der Waals surface area contributed by atoms with Gasteiger partial charge < -0.3 is 0 Å². The van der Waals surface area contributed by atoms with E-state index in [1.165, 1.54) is 31.2 Å². The minimum Gasteiger partial charge on any atom is -0.143 e. The van der Waals surface area contributed by atoms with Gasteiger partial charge in [-0.1, -0.05) is 31.9 Å². The zero-order valence-corrected chi connectivity index (χ0v) is 8.48. The molecule has 12 heavy (non-hydrogen) atoms. The first kappa shape index (κ1) is 9.66. The fourth-order valence-corrected chi connectivity index (χ4v) is 1.39. The molecule has 0 fully saturated rings. The SMILES string of the molecule is CCCCCc1ccc(S)cc1. The molecule has 1 heteroatoms. The van der Waals surface area contributed by atoms with Gasteiger partial charge in [-0.05, 0) is 30.5 Å². The van der Waals surface area contributed by atoms with Gasteiger partial charge in [-0.3, -0.25) is 0 Å². The average molecular weight is 180 g/mol. The van der Waals surface area contributed by atoms with Crippen molar-refractivity contribution in [2.75, 3.05) is 0 Å². The zero-order valence-electron chi connectivity index (χ0n) is 7.59. The van der Waals surface area contributed by atoms with E-state index in [2.05, 4.69) is 43.8 Å². The van der Waals surface area contributed by atoms with Gasteiger partial charge in [0.2, 0.25) is 0 Å². The van der Waals surface area contributed by atoms with Crippen LogP contribution in [-0.4, -0.2) is 0 Å². The summed E-state index contributed by atoms with van der Waals surface area (Å²) in [6, 6.07) is 8.45. The molecule has 0 heterocycles. The first-order valence-electron chi connectivity index (χ1n) is 4.61. The lowest BCUT2D eigenvalue weighted by Gasteiger charge is -1.99. The minimum absolute atomic E-state index is 1.05. The summed E-state index contributed by atoms with van der Waals surface area (Å²) in [5, 5.41) is 0. The van der Waals surface area contributed by atoms with Crippen molar-refractivity contribution in [1.82, 2.24) is 0 Å². The average Bonchev–Trinajstić information content (AvgIpc) is 2.09. The minimum atomic E-state index is 1.05. The van der Waals surface area contributed by atoms with E-state index in [0.29, 0.717) is 0 Å². The topological polar surface area (TPSA) is 0 Å². The second-order valence-electron chi connectivity index (χ2n) is 3.12. The molecule has 0 unspecified atom stereocenters. The van der Waals surface area contributed by atoms with E-state index >= 15 is 0 Å². The van der Waals surface area contributed by atoms with E-state index in [1.807, 2.05) is 0 Å². The van der Waals surface area contributed by atoms with Crippen molar-refractivity contribution in [3.63, 3.8) is 0 Å². The number of thiol groups is 1. The van der Waals surface area contributed by atoms with Gasteiger partial charge in [0.1, 0.15) is 0 Å². The van der Waals surface area contributed by atoms with Gasteiger partial charge >= 0.3 is 0 Å². The smallest absolute Gasteiger partial charge is 0.00401 e. The van der Waals surface area contributed by atoms with E-state index < -0.39 is 0 Å². The molecule has 0 saturated heterocycles. The molecule has 0 amide bonds. The summed E-state index contributed by atoms with van der Waals surface area (Å²) in [4.78, 5) is 1.05. The summed E-state index contributed by atoms with van der Waals surface area (Å²) >= 11 is 4.24. The van der Waals surface area contributed by atoms with Crippen LogP contribution in [0.25, 0.3) is 0 Å². The molecule has 0 aliphatic carbocycles. The molecule has 0 aliphatic heterocycles. The molecule has 0 N–H and O–H groups in total. The van der Waals surface area contributed by atoms with Crippen molar-refractivity contribution < 1.29 is 0 Å². The number of benzene rings is 1. The van der Waals surface area contributed by atoms with E-state index in [9.17, 15) is 0 Å². The third-order valence-electron chi connectivity index (χ3n) is 2.01. The Balaban J connectivity index is 2.37. The number of aryl methyl sites for hydroxylation is 1. The largest absolute Gasteiger partial charge is 0.143 e. The van der Waals surface area contributed by atoms with Crippen molar-refractivity contribution in [3.05, 3.63) is 29.8 Å². The number of hydrogen-bond acceptors (Lipinski definition) is 1. The van der Waals surface area contributed by atoms with E-state index in [4.69, 9.17) is 0 Å². The van der Waals surface area contributed by atoms with Crippen LogP contribution in [0.5, 0.6) is 0 Å². The molecule has 0 saturated carbocycles. The van der Waals surface area contributed by atoms with E-state index in [0.717, 1.165) is 4.90 Å². The summed E-state index contributed by atoms with van der Waals surface area (Å²) in [5.41, 5.74) is 1.43. The lowest BCUT2D eigenvalue weighted by molar-refractivity contribution is 0.717. The summed E-state index contributed by atoms with van der Waals surface area (Å²) < 4.78 is 0. The Morgan fingerprint density at radius 2 is 1.75 bits per heavy atom. The molecule has 1 aromatic carbocycles. The summed E-state index contributed by atoms with van der Waals surface area (Å²) in [7, 11) is 0. The molecule has 0 bridgehead atoms. The first-order valence-corrected chi connectivity index (χ1v) is 5.05. The Hall–Kier alpha value is -0.430. The molecule has 0 aliphatic rings. The molecule has 0 nitrogen and oxygen atoms in total. The monoisotopic (exact) mass is 180 g/mol. The van der Waals surface area contributed by atoms with Gasteiger partial charge in [0, 0.05) is 4.90 Å². The number of hydrogen-bond donors (Lipinski definition) is 1. The highest BCUT2D eigenvalue weighted by Gasteiger charge is 1.91. The standard InChI is InChI=1S/C11H16S/c1-2-3-4-5-10-6-8-11(12)9-7-10/h6-9,12H,2-5H2,1H3. The first-order chi connectivity index (χ1) is 5.83. The molecular formula is C11H16S. The van der Waals surface area contributed by atoms with Crippen LogP contribution in [0.15, 0.2) is 29.2 Å². The highest BCUT2D eigenvalue weighted by molar-refractivity contribution is 7.80. The number of unbranched alkanes of at least 4 members (excludes halogenated alkanes) is 2. The second-order valence-corrected chi connectivity index (χ2v) is 3.64. The van der Waals surface area contributed by atoms with Gasteiger partial charge in [0.15, 0.2) is 0 Å². The molecule has 0 atom stereocenters. The lowest BCUT2D eigenvalue weighted by Crippen LogP contribution is -1.84. The lowest BCUT2D eigenvalue weighted by atomic mass is 10.1. The van der Waals surface area contributed by atoms with Crippen LogP contribution >= 0.6 is 12.6 Å². The maximum absolute atomic E-state index is 4.24. The Morgan fingerprint density at radius 3 is 2.33 bits per heavy atom. The predicted octanol–water partition coefficient (Wildman–Crippen LogP) is 3.71. The van der Waals surface area contributed by atoms with Crippen molar-refractivity contribution in [3.8, 4) is 0 Å². The second kappa shape index (κ2) is 5.26. The quantitative estimate of drug-likeness (QED) is 0.530. The number of rotatable bonds is 4. The molecule has 0 aromatic heterocycles. The third-order valence-corrected chi connectivity index (χ3v) is 2.30. The Bertz CT molecular complexity index is 213. The van der Waals surface area contributed by atoms with Gasteiger partial charge in [0.05, 0.1) is 0 Å². The summed E-state index contributed by atoms with van der Waals surface area (Å²) in [6.07, 6.45) is 5.15. The Labute approximate surface area is 80.4 Å². The fourth-order valence-electron chi connectivity index (χ4n) is 1.24. The van der Waals surface area contributed by atoms with Gasteiger partial charge in [-0.2, -0.15) is 0 Å². The van der Waals surface area contributed by atoms with Crippen molar-refractivity contribution in [2.24, 2.45) is 0 Å². The third kappa shape index (κ3) is 3.31. The maximum Gasteiger partial charge on any atom is 0.00401 e. The summed E-state index contributed by atoms with van der Waals surface area (Å²) in [6.45, 7) is 2.23. The predicted molar refractivity (Wildman–Crippen MR) is 56.9 cm³/mol. The van der Waals surface area contributed by atoms with Gasteiger partial charge in [0.25, 0.3) is 0 Å². The molecule has 0 spiro atoms. The van der Waals surface area contributed by atoms with Gasteiger partial charge in [-0.15, -0.1) is 12.6 Å². The van der Waals surface area contributed by atoms with Crippen LogP contribution in [-0.2, 0) is 6.42 Å². The van der Waals surface area contributed by atoms with Crippen LogP contribution < -0.4 is 0 Å². The van der Waals surface area contributed by atoms with Crippen LogP contribution in [0.1, 0.15) is 31.7 Å². The Morgan fingerprint density at radius 1 is 1.08 bits per heavy atom. The summed E-state index contributed by atoms with van der Waals surface area (Å²) in [5.74, 6) is 0. The van der Waals surface area contributed by atoms with Crippen LogP contribution in [0.4, 0.5) is 0 Å². The molecule has 1 rings (SSSR count). The van der Waals surface area contributed by atoms with E-state index in [1.54, 1.807) is 0 Å². The molecule has 66 valence electrons. The van der Waals surface area contributed by atoms with Gasteiger partial charge in [-0.25, -0.2) is 0 Å². The fraction of sp³-hybridized carbons (Fsp3) is 0.455. The van der Waals surface area contributed by atoms with Crippen LogP contribution in [0.2, 0.25) is 0 Å². The zero-order chi connectivity index (χ0) is 8.81. The highest BCUT2D eigenvalue weighted by Crippen LogP contribution is 2.10. The van der Waals surface area contributed by atoms with E-state index in [-0.39, 0.29) is 0 Å². The molecular weight excluding hydrogens is 164 g/mol. The normalized spacial score (nSPS) is 10.2. The maximum atomic E-state index is 4.24. The van der Waals surface area contributed by atoms with Crippen LogP contribution in [0.3, 0.4) is 0 Å². The van der Waals surface area contributed by atoms with Crippen molar-refractivity contribution in [1.29, 1.82) is 0 Å². The van der Waals surface area contributed by atoms with Crippen molar-refractivity contribution in [2.45, 2.75) is 37.5 Å².